The molecule has 0 atom stereocenters. The van der Waals surface area contributed by atoms with Crippen LogP contribution in [0.4, 0.5) is 0 Å². The van der Waals surface area contributed by atoms with Crippen LogP contribution in [0.1, 0.15) is 15.9 Å². The predicted octanol–water partition coefficient (Wildman–Crippen LogP) is 3.13. The topological polar surface area (TPSA) is 35.5 Å². The van der Waals surface area contributed by atoms with Gasteiger partial charge in [-0.1, -0.05) is 36.4 Å². The number of hydrogen-bond donors (Lipinski definition) is 0. The molecule has 0 amide bonds. The summed E-state index contributed by atoms with van der Waals surface area (Å²) in [6.07, 6.45) is 0.317. The largest absolute Gasteiger partial charge is 0.497 e. The van der Waals surface area contributed by atoms with Gasteiger partial charge in [-0.2, -0.15) is 0 Å². The van der Waals surface area contributed by atoms with E-state index < -0.39 is 0 Å². The number of benzene rings is 2. The number of carbonyl (C=O) groups is 1. The first-order chi connectivity index (χ1) is 9.24. The standard InChI is InChI=1S/C16H16O3/c1-18-14-9-8-13(16(11-14)19-2)10-15(17)12-6-4-3-5-7-12/h3-9,11H,10H2,1-2H3. The monoisotopic (exact) mass is 256 g/mol. The molecule has 0 aliphatic rings. The lowest BCUT2D eigenvalue weighted by Gasteiger charge is -2.09. The lowest BCUT2D eigenvalue weighted by molar-refractivity contribution is 0.0992. The molecule has 0 aliphatic heterocycles. The number of carbonyl (C=O) groups excluding carboxylic acids is 1. The van der Waals surface area contributed by atoms with E-state index in [1.165, 1.54) is 0 Å². The fourth-order valence-corrected chi connectivity index (χ4v) is 1.90. The Morgan fingerprint density at radius 2 is 1.74 bits per heavy atom. The van der Waals surface area contributed by atoms with E-state index in [4.69, 9.17) is 9.47 Å². The van der Waals surface area contributed by atoms with Crippen molar-refractivity contribution in [2.24, 2.45) is 0 Å². The summed E-state index contributed by atoms with van der Waals surface area (Å²) in [6, 6.07) is 14.7. The van der Waals surface area contributed by atoms with E-state index in [-0.39, 0.29) is 5.78 Å². The summed E-state index contributed by atoms with van der Waals surface area (Å²) in [5.41, 5.74) is 1.57. The van der Waals surface area contributed by atoms with Crippen molar-refractivity contribution in [3.05, 3.63) is 59.7 Å². The zero-order chi connectivity index (χ0) is 13.7. The Bertz CT molecular complexity index is 561. The SMILES string of the molecule is COc1ccc(CC(=O)c2ccccc2)c(OC)c1. The Morgan fingerprint density at radius 3 is 2.37 bits per heavy atom. The van der Waals surface area contributed by atoms with Crippen LogP contribution in [0.25, 0.3) is 0 Å². The first kappa shape index (κ1) is 13.1. The molecule has 2 aromatic rings. The summed E-state index contributed by atoms with van der Waals surface area (Å²) < 4.78 is 10.4. The summed E-state index contributed by atoms with van der Waals surface area (Å²) >= 11 is 0. The highest BCUT2D eigenvalue weighted by atomic mass is 16.5. The second-order valence-electron chi connectivity index (χ2n) is 4.14. The van der Waals surface area contributed by atoms with Gasteiger partial charge in [-0.15, -0.1) is 0 Å². The van der Waals surface area contributed by atoms with Crippen molar-refractivity contribution in [2.75, 3.05) is 14.2 Å². The fourth-order valence-electron chi connectivity index (χ4n) is 1.90. The fraction of sp³-hybridized carbons (Fsp3) is 0.188. The smallest absolute Gasteiger partial charge is 0.167 e. The van der Waals surface area contributed by atoms with E-state index in [9.17, 15) is 4.79 Å². The first-order valence-corrected chi connectivity index (χ1v) is 6.03. The van der Waals surface area contributed by atoms with Gasteiger partial charge in [-0.05, 0) is 6.07 Å². The van der Waals surface area contributed by atoms with Gasteiger partial charge in [0.2, 0.25) is 0 Å². The molecule has 3 nitrogen and oxygen atoms in total. The minimum atomic E-state index is 0.0732. The van der Waals surface area contributed by atoms with Gasteiger partial charge in [-0.3, -0.25) is 4.79 Å². The maximum Gasteiger partial charge on any atom is 0.167 e. The molecule has 0 saturated heterocycles. The average molecular weight is 256 g/mol. The average Bonchev–Trinajstić information content (AvgIpc) is 2.48. The number of ether oxygens (including phenoxy) is 2. The van der Waals surface area contributed by atoms with E-state index in [0.29, 0.717) is 23.5 Å². The summed E-state index contributed by atoms with van der Waals surface area (Å²) in [4.78, 5) is 12.1. The van der Waals surface area contributed by atoms with Crippen LogP contribution in [-0.4, -0.2) is 20.0 Å². The highest BCUT2D eigenvalue weighted by Gasteiger charge is 2.11. The molecule has 2 rings (SSSR count). The summed E-state index contributed by atoms with van der Waals surface area (Å²) in [7, 11) is 3.19. The zero-order valence-corrected chi connectivity index (χ0v) is 11.1. The van der Waals surface area contributed by atoms with Gasteiger partial charge >= 0.3 is 0 Å². The van der Waals surface area contributed by atoms with Crippen LogP contribution in [0.2, 0.25) is 0 Å². The first-order valence-electron chi connectivity index (χ1n) is 6.03. The van der Waals surface area contributed by atoms with Crippen molar-refractivity contribution in [3.8, 4) is 11.5 Å². The Labute approximate surface area is 112 Å². The quantitative estimate of drug-likeness (QED) is 0.771. The second kappa shape index (κ2) is 6.05. The molecule has 98 valence electrons. The van der Waals surface area contributed by atoms with Crippen LogP contribution in [0.3, 0.4) is 0 Å². The third kappa shape index (κ3) is 3.13. The van der Waals surface area contributed by atoms with Crippen LogP contribution in [-0.2, 0) is 6.42 Å². The lowest BCUT2D eigenvalue weighted by Crippen LogP contribution is -2.05. The molecule has 0 aromatic heterocycles. The molecular weight excluding hydrogens is 240 g/mol. The van der Waals surface area contributed by atoms with Crippen molar-refractivity contribution in [1.29, 1.82) is 0 Å². The van der Waals surface area contributed by atoms with Crippen LogP contribution in [0, 0.1) is 0 Å². The van der Waals surface area contributed by atoms with Gasteiger partial charge in [0.1, 0.15) is 11.5 Å². The number of rotatable bonds is 5. The van der Waals surface area contributed by atoms with Gasteiger partial charge in [0, 0.05) is 23.6 Å². The minimum Gasteiger partial charge on any atom is -0.497 e. The normalized spacial score (nSPS) is 10.0. The molecule has 0 spiro atoms. The van der Waals surface area contributed by atoms with Crippen molar-refractivity contribution in [1.82, 2.24) is 0 Å². The van der Waals surface area contributed by atoms with E-state index in [1.54, 1.807) is 20.3 Å². The second-order valence-corrected chi connectivity index (χ2v) is 4.14. The van der Waals surface area contributed by atoms with Gasteiger partial charge < -0.3 is 9.47 Å². The van der Waals surface area contributed by atoms with Gasteiger partial charge in [0.15, 0.2) is 5.78 Å². The number of ketones is 1. The molecule has 3 heteroatoms. The summed E-state index contributed by atoms with van der Waals surface area (Å²) in [6.45, 7) is 0. The number of hydrogen-bond acceptors (Lipinski definition) is 3. The molecule has 0 unspecified atom stereocenters. The van der Waals surface area contributed by atoms with Gasteiger partial charge in [0.25, 0.3) is 0 Å². The van der Waals surface area contributed by atoms with E-state index in [0.717, 1.165) is 5.56 Å². The van der Waals surface area contributed by atoms with Crippen LogP contribution < -0.4 is 9.47 Å². The van der Waals surface area contributed by atoms with Crippen molar-refractivity contribution in [2.45, 2.75) is 6.42 Å². The van der Waals surface area contributed by atoms with E-state index >= 15 is 0 Å². The molecular formula is C16H16O3. The number of Topliss-reactive ketones (excluding diaryl/α,β-unsaturated/α-hetero) is 1. The molecule has 0 bridgehead atoms. The zero-order valence-electron chi connectivity index (χ0n) is 11.1. The maximum atomic E-state index is 12.1. The van der Waals surface area contributed by atoms with Crippen molar-refractivity contribution in [3.63, 3.8) is 0 Å². The third-order valence-corrected chi connectivity index (χ3v) is 2.94. The van der Waals surface area contributed by atoms with Gasteiger partial charge in [-0.25, -0.2) is 0 Å². The molecule has 0 aliphatic carbocycles. The van der Waals surface area contributed by atoms with E-state index in [2.05, 4.69) is 0 Å². The minimum absolute atomic E-state index is 0.0732. The molecule has 2 aromatic carbocycles. The molecule has 19 heavy (non-hydrogen) atoms. The van der Waals surface area contributed by atoms with E-state index in [1.807, 2.05) is 42.5 Å². The van der Waals surface area contributed by atoms with Crippen LogP contribution in [0.5, 0.6) is 11.5 Å². The highest BCUT2D eigenvalue weighted by Crippen LogP contribution is 2.25. The molecule has 0 heterocycles. The van der Waals surface area contributed by atoms with Crippen LogP contribution in [0.15, 0.2) is 48.5 Å². The Morgan fingerprint density at radius 1 is 1.00 bits per heavy atom. The van der Waals surface area contributed by atoms with Crippen molar-refractivity contribution >= 4 is 5.78 Å². The lowest BCUT2D eigenvalue weighted by atomic mass is 10.0. The third-order valence-electron chi connectivity index (χ3n) is 2.94. The summed E-state index contributed by atoms with van der Waals surface area (Å²) in [5, 5.41) is 0. The number of methoxy groups -OCH3 is 2. The Balaban J connectivity index is 2.21. The molecule has 0 saturated carbocycles. The van der Waals surface area contributed by atoms with Crippen molar-refractivity contribution < 1.29 is 14.3 Å². The highest BCUT2D eigenvalue weighted by molar-refractivity contribution is 5.97. The molecule has 0 fully saturated rings. The predicted molar refractivity (Wildman–Crippen MR) is 74.0 cm³/mol. The van der Waals surface area contributed by atoms with Crippen LogP contribution >= 0.6 is 0 Å². The molecule has 0 radical (unpaired) electrons. The molecule has 0 N–H and O–H groups in total. The maximum absolute atomic E-state index is 12.1. The van der Waals surface area contributed by atoms with Gasteiger partial charge in [0.05, 0.1) is 14.2 Å². The Kier molecular flexibility index (Phi) is 4.18. The summed E-state index contributed by atoms with van der Waals surface area (Å²) in [5.74, 6) is 1.46. The Hall–Kier alpha value is -2.29.